The van der Waals surface area contributed by atoms with Crippen molar-refractivity contribution in [2.75, 3.05) is 36.4 Å². The standard InChI is InChI=1S/C22H24N8S.ClH/c1-2-4-20-18(3-1)24-21(31-20)14-29-9-11-30(12-10-29)19-13-16(23-15-5-6-15)7-8-17(19)22-25-27-28-26-22;/h1-4,7-8,13,15,23H,5-6,9-12,14H2,(H,25,26,27,28);1H. The number of anilines is 2. The van der Waals surface area contributed by atoms with E-state index >= 15 is 0 Å². The Hall–Kier alpha value is -2.75. The summed E-state index contributed by atoms with van der Waals surface area (Å²) >= 11 is 1.80. The van der Waals surface area contributed by atoms with Crippen LogP contribution in [0, 0.1) is 0 Å². The molecule has 6 rings (SSSR count). The maximum Gasteiger partial charge on any atom is 0.206 e. The number of piperazine rings is 1. The number of nitrogens with one attached hydrogen (secondary N) is 2. The number of para-hydroxylation sites is 1. The van der Waals surface area contributed by atoms with Crippen LogP contribution in [0.3, 0.4) is 0 Å². The predicted molar refractivity (Wildman–Crippen MR) is 131 cm³/mol. The molecule has 0 radical (unpaired) electrons. The Bertz CT molecular complexity index is 1150. The van der Waals surface area contributed by atoms with Crippen LogP contribution in [0.5, 0.6) is 0 Å². The second-order valence-electron chi connectivity index (χ2n) is 8.22. The number of nitrogens with zero attached hydrogens (tertiary/aromatic N) is 6. The van der Waals surface area contributed by atoms with E-state index in [9.17, 15) is 0 Å². The molecule has 1 saturated carbocycles. The number of rotatable bonds is 6. The Labute approximate surface area is 196 Å². The Morgan fingerprint density at radius 1 is 1.06 bits per heavy atom. The van der Waals surface area contributed by atoms with Crippen LogP contribution in [0.2, 0.25) is 0 Å². The van der Waals surface area contributed by atoms with E-state index in [2.05, 4.69) is 78.2 Å². The smallest absolute Gasteiger partial charge is 0.206 e. The van der Waals surface area contributed by atoms with Gasteiger partial charge in [0.15, 0.2) is 0 Å². The normalized spacial score (nSPS) is 16.8. The van der Waals surface area contributed by atoms with E-state index in [1.165, 1.54) is 33.9 Å². The molecule has 32 heavy (non-hydrogen) atoms. The molecule has 0 unspecified atom stereocenters. The number of halogens is 1. The molecule has 1 saturated heterocycles. The molecule has 8 nitrogen and oxygen atoms in total. The average Bonchev–Trinajstić information content (AvgIpc) is 3.27. The summed E-state index contributed by atoms with van der Waals surface area (Å²) in [4.78, 5) is 9.74. The Balaban J connectivity index is 0.00000216. The highest BCUT2D eigenvalue weighted by molar-refractivity contribution is 7.18. The van der Waals surface area contributed by atoms with Gasteiger partial charge in [-0.1, -0.05) is 12.1 Å². The van der Waals surface area contributed by atoms with E-state index in [4.69, 9.17) is 4.98 Å². The van der Waals surface area contributed by atoms with E-state index in [1.807, 2.05) is 0 Å². The van der Waals surface area contributed by atoms with Crippen LogP contribution >= 0.6 is 23.7 Å². The molecule has 0 spiro atoms. The summed E-state index contributed by atoms with van der Waals surface area (Å²) in [7, 11) is 0. The first-order valence-corrected chi connectivity index (χ1v) is 11.6. The summed E-state index contributed by atoms with van der Waals surface area (Å²) in [6, 6.07) is 15.5. The maximum atomic E-state index is 4.80. The van der Waals surface area contributed by atoms with E-state index < -0.39 is 0 Å². The second-order valence-corrected chi connectivity index (χ2v) is 9.34. The molecule has 3 heterocycles. The third-order valence-electron chi connectivity index (χ3n) is 5.94. The fourth-order valence-corrected chi connectivity index (χ4v) is 5.15. The van der Waals surface area contributed by atoms with Gasteiger partial charge < -0.3 is 10.2 Å². The fourth-order valence-electron chi connectivity index (χ4n) is 4.14. The molecular weight excluding hydrogens is 444 g/mol. The molecule has 2 fully saturated rings. The van der Waals surface area contributed by atoms with Crippen molar-refractivity contribution in [3.05, 3.63) is 47.5 Å². The van der Waals surface area contributed by atoms with Gasteiger partial charge in [-0.05, 0) is 48.4 Å². The highest BCUT2D eigenvalue weighted by Crippen LogP contribution is 2.34. The molecule has 1 aliphatic carbocycles. The average molecular weight is 469 g/mol. The minimum absolute atomic E-state index is 0. The molecule has 0 atom stereocenters. The number of hydrogen-bond donors (Lipinski definition) is 2. The fraction of sp³-hybridized carbons (Fsp3) is 0.364. The van der Waals surface area contributed by atoms with Crippen LogP contribution in [0.1, 0.15) is 17.8 Å². The molecule has 2 aliphatic rings. The van der Waals surface area contributed by atoms with Crippen LogP contribution in [0.25, 0.3) is 21.6 Å². The lowest BCUT2D eigenvalue weighted by atomic mass is 10.1. The van der Waals surface area contributed by atoms with Gasteiger partial charge in [-0.15, -0.1) is 33.9 Å². The van der Waals surface area contributed by atoms with Gasteiger partial charge in [-0.3, -0.25) is 4.90 Å². The van der Waals surface area contributed by atoms with E-state index in [-0.39, 0.29) is 12.4 Å². The van der Waals surface area contributed by atoms with Crippen LogP contribution < -0.4 is 10.2 Å². The Morgan fingerprint density at radius 2 is 1.91 bits per heavy atom. The molecule has 4 aromatic rings. The lowest BCUT2D eigenvalue weighted by Gasteiger charge is -2.36. The molecule has 2 N–H and O–H groups in total. The number of fused-ring (bicyclic) bond motifs is 1. The highest BCUT2D eigenvalue weighted by atomic mass is 35.5. The molecule has 10 heteroatoms. The number of aromatic amines is 1. The zero-order valence-corrected chi connectivity index (χ0v) is 19.2. The van der Waals surface area contributed by atoms with Gasteiger partial charge in [0, 0.05) is 43.5 Å². The molecule has 2 aromatic carbocycles. The van der Waals surface area contributed by atoms with Crippen molar-refractivity contribution in [2.24, 2.45) is 0 Å². The minimum Gasteiger partial charge on any atom is -0.382 e. The first kappa shape index (κ1) is 21.1. The van der Waals surface area contributed by atoms with E-state index in [0.717, 1.165) is 43.8 Å². The first-order chi connectivity index (χ1) is 15.3. The van der Waals surface area contributed by atoms with Gasteiger partial charge in [0.2, 0.25) is 5.82 Å². The van der Waals surface area contributed by atoms with Gasteiger partial charge in [0.1, 0.15) is 5.01 Å². The van der Waals surface area contributed by atoms with Crippen molar-refractivity contribution in [1.29, 1.82) is 0 Å². The molecule has 1 aliphatic heterocycles. The maximum absolute atomic E-state index is 4.80. The lowest BCUT2D eigenvalue weighted by Crippen LogP contribution is -2.46. The van der Waals surface area contributed by atoms with Gasteiger partial charge in [0.05, 0.1) is 22.4 Å². The van der Waals surface area contributed by atoms with Gasteiger partial charge in [-0.25, -0.2) is 4.98 Å². The van der Waals surface area contributed by atoms with Crippen molar-refractivity contribution >= 4 is 45.3 Å². The third kappa shape index (κ3) is 4.41. The molecular formula is C22H25ClN8S. The van der Waals surface area contributed by atoms with E-state index in [1.54, 1.807) is 11.3 Å². The Morgan fingerprint density at radius 3 is 2.66 bits per heavy atom. The molecule has 166 valence electrons. The quantitative estimate of drug-likeness (QED) is 0.445. The second kappa shape index (κ2) is 9.01. The van der Waals surface area contributed by atoms with Crippen molar-refractivity contribution < 1.29 is 0 Å². The van der Waals surface area contributed by atoms with Crippen LogP contribution in [-0.2, 0) is 6.54 Å². The number of thiazole rings is 1. The first-order valence-electron chi connectivity index (χ1n) is 10.8. The summed E-state index contributed by atoms with van der Waals surface area (Å²) < 4.78 is 1.26. The topological polar surface area (TPSA) is 85.9 Å². The van der Waals surface area contributed by atoms with Crippen LogP contribution in [0.4, 0.5) is 11.4 Å². The zero-order chi connectivity index (χ0) is 20.6. The van der Waals surface area contributed by atoms with Crippen LogP contribution in [-0.4, -0.2) is 62.7 Å². The number of H-pyrrole nitrogens is 1. The van der Waals surface area contributed by atoms with Crippen molar-refractivity contribution in [3.63, 3.8) is 0 Å². The summed E-state index contributed by atoms with van der Waals surface area (Å²) in [6.45, 7) is 4.84. The summed E-state index contributed by atoms with van der Waals surface area (Å²) in [5.74, 6) is 0.643. The number of benzene rings is 2. The van der Waals surface area contributed by atoms with Gasteiger partial charge in [0.25, 0.3) is 0 Å². The molecule has 2 aromatic heterocycles. The molecule has 0 amide bonds. The van der Waals surface area contributed by atoms with Crippen molar-refractivity contribution in [2.45, 2.75) is 25.4 Å². The number of tetrazole rings is 1. The minimum atomic E-state index is 0. The monoisotopic (exact) mass is 468 g/mol. The summed E-state index contributed by atoms with van der Waals surface area (Å²) in [5.41, 5.74) is 4.47. The predicted octanol–water partition coefficient (Wildman–Crippen LogP) is 3.79. The number of hydrogen-bond acceptors (Lipinski definition) is 8. The highest BCUT2D eigenvalue weighted by Gasteiger charge is 2.24. The van der Waals surface area contributed by atoms with Crippen molar-refractivity contribution in [1.82, 2.24) is 30.5 Å². The van der Waals surface area contributed by atoms with Crippen LogP contribution in [0.15, 0.2) is 42.5 Å². The SMILES string of the molecule is Cl.c1ccc2sc(CN3CCN(c4cc(NC5CC5)ccc4-c4nn[nH]n4)CC3)nc2c1. The largest absolute Gasteiger partial charge is 0.382 e. The Kier molecular flexibility index (Phi) is 5.95. The van der Waals surface area contributed by atoms with Gasteiger partial charge in [-0.2, -0.15) is 5.21 Å². The zero-order valence-electron chi connectivity index (χ0n) is 17.6. The summed E-state index contributed by atoms with van der Waals surface area (Å²) in [6.07, 6.45) is 2.51. The lowest BCUT2D eigenvalue weighted by molar-refractivity contribution is 0.250. The molecule has 0 bridgehead atoms. The third-order valence-corrected chi connectivity index (χ3v) is 6.96. The summed E-state index contributed by atoms with van der Waals surface area (Å²) in [5, 5.41) is 19.6. The van der Waals surface area contributed by atoms with Crippen molar-refractivity contribution in [3.8, 4) is 11.4 Å². The van der Waals surface area contributed by atoms with E-state index in [0.29, 0.717) is 11.9 Å². The van der Waals surface area contributed by atoms with Gasteiger partial charge >= 0.3 is 0 Å². The number of aromatic nitrogens is 5.